The molecular weight excluding hydrogens is 290 g/mol. The first-order chi connectivity index (χ1) is 11.1. The standard InChI is InChI=1S/C17H19N5O/c1-3-4-9-19-16(23)15-10-12(2)20-17(22-15)21-14-7-5-13(11-18)6-8-14/h5-8,10H,3-4,9H2,1-2H3,(H,19,23)(H,20,21,22). The van der Waals surface area contributed by atoms with Crippen molar-refractivity contribution in [2.45, 2.75) is 26.7 Å². The van der Waals surface area contributed by atoms with Crippen molar-refractivity contribution in [1.29, 1.82) is 5.26 Å². The topological polar surface area (TPSA) is 90.7 Å². The van der Waals surface area contributed by atoms with Crippen LogP contribution in [0.4, 0.5) is 11.6 Å². The van der Waals surface area contributed by atoms with Crippen LogP contribution in [0.2, 0.25) is 0 Å². The first kappa shape index (κ1) is 16.4. The Balaban J connectivity index is 2.13. The number of hydrogen-bond donors (Lipinski definition) is 2. The van der Waals surface area contributed by atoms with Crippen LogP contribution in [-0.4, -0.2) is 22.4 Å². The third kappa shape index (κ3) is 4.78. The third-order valence-electron chi connectivity index (χ3n) is 3.17. The lowest BCUT2D eigenvalue weighted by Crippen LogP contribution is -2.25. The Morgan fingerprint density at radius 2 is 2.00 bits per heavy atom. The summed E-state index contributed by atoms with van der Waals surface area (Å²) in [6, 6.07) is 10.7. The molecule has 0 aliphatic heterocycles. The van der Waals surface area contributed by atoms with Crippen molar-refractivity contribution in [2.75, 3.05) is 11.9 Å². The van der Waals surface area contributed by atoms with Crippen LogP contribution in [0.3, 0.4) is 0 Å². The van der Waals surface area contributed by atoms with Gasteiger partial charge in [0.05, 0.1) is 11.6 Å². The maximum atomic E-state index is 12.1. The van der Waals surface area contributed by atoms with Gasteiger partial charge in [0.2, 0.25) is 5.95 Å². The van der Waals surface area contributed by atoms with Crippen LogP contribution in [-0.2, 0) is 0 Å². The zero-order chi connectivity index (χ0) is 16.7. The van der Waals surface area contributed by atoms with Gasteiger partial charge in [-0.15, -0.1) is 0 Å². The van der Waals surface area contributed by atoms with Crippen molar-refractivity contribution in [3.05, 3.63) is 47.3 Å². The number of benzene rings is 1. The minimum absolute atomic E-state index is 0.202. The smallest absolute Gasteiger partial charge is 0.270 e. The molecule has 0 atom stereocenters. The molecule has 118 valence electrons. The molecule has 2 rings (SSSR count). The number of amides is 1. The fourth-order valence-electron chi connectivity index (χ4n) is 1.97. The van der Waals surface area contributed by atoms with E-state index in [-0.39, 0.29) is 5.91 Å². The Morgan fingerprint density at radius 1 is 1.26 bits per heavy atom. The lowest BCUT2D eigenvalue weighted by atomic mass is 10.2. The van der Waals surface area contributed by atoms with Gasteiger partial charge in [-0.05, 0) is 43.7 Å². The number of carbonyl (C=O) groups is 1. The maximum absolute atomic E-state index is 12.1. The van der Waals surface area contributed by atoms with Gasteiger partial charge in [-0.2, -0.15) is 5.26 Å². The molecule has 0 unspecified atom stereocenters. The first-order valence-corrected chi connectivity index (χ1v) is 7.53. The van der Waals surface area contributed by atoms with E-state index < -0.39 is 0 Å². The second-order valence-electron chi connectivity index (χ2n) is 5.14. The predicted molar refractivity (Wildman–Crippen MR) is 88.4 cm³/mol. The molecule has 1 amide bonds. The lowest BCUT2D eigenvalue weighted by molar-refractivity contribution is 0.0948. The molecule has 23 heavy (non-hydrogen) atoms. The molecule has 1 aromatic carbocycles. The number of rotatable bonds is 6. The summed E-state index contributed by atoms with van der Waals surface area (Å²) in [4.78, 5) is 20.6. The quantitative estimate of drug-likeness (QED) is 0.801. The largest absolute Gasteiger partial charge is 0.351 e. The molecular formula is C17H19N5O. The molecule has 6 nitrogen and oxygen atoms in total. The van der Waals surface area contributed by atoms with Crippen LogP contribution in [0.1, 0.15) is 41.5 Å². The number of aromatic nitrogens is 2. The number of carbonyl (C=O) groups excluding carboxylic acids is 1. The highest BCUT2D eigenvalue weighted by molar-refractivity contribution is 5.92. The van der Waals surface area contributed by atoms with Crippen LogP contribution < -0.4 is 10.6 Å². The first-order valence-electron chi connectivity index (χ1n) is 7.53. The molecule has 0 saturated carbocycles. The van der Waals surface area contributed by atoms with Crippen LogP contribution >= 0.6 is 0 Å². The molecule has 0 aliphatic carbocycles. The van der Waals surface area contributed by atoms with Gasteiger partial charge < -0.3 is 10.6 Å². The average Bonchev–Trinajstić information content (AvgIpc) is 2.55. The van der Waals surface area contributed by atoms with Crippen LogP contribution in [0.25, 0.3) is 0 Å². The van der Waals surface area contributed by atoms with E-state index >= 15 is 0 Å². The van der Waals surface area contributed by atoms with Gasteiger partial charge in [0.1, 0.15) is 5.69 Å². The van der Waals surface area contributed by atoms with Crippen molar-refractivity contribution in [3.63, 3.8) is 0 Å². The normalized spacial score (nSPS) is 9.96. The molecule has 0 aliphatic rings. The second kappa shape index (κ2) is 7.90. The molecule has 0 saturated heterocycles. The zero-order valence-corrected chi connectivity index (χ0v) is 13.3. The number of unbranched alkanes of at least 4 members (excludes halogenated alkanes) is 1. The Labute approximate surface area is 135 Å². The Hall–Kier alpha value is -2.94. The third-order valence-corrected chi connectivity index (χ3v) is 3.17. The SMILES string of the molecule is CCCCNC(=O)c1cc(C)nc(Nc2ccc(C#N)cc2)n1. The number of aryl methyl sites for hydroxylation is 1. The highest BCUT2D eigenvalue weighted by Gasteiger charge is 2.10. The summed E-state index contributed by atoms with van der Waals surface area (Å²) in [5.41, 5.74) is 2.38. The van der Waals surface area contributed by atoms with E-state index in [0.717, 1.165) is 18.5 Å². The summed E-state index contributed by atoms with van der Waals surface area (Å²) in [6.45, 7) is 4.52. The minimum atomic E-state index is -0.202. The van der Waals surface area contributed by atoms with E-state index in [0.29, 0.717) is 29.4 Å². The average molecular weight is 309 g/mol. The lowest BCUT2D eigenvalue weighted by Gasteiger charge is -2.08. The van der Waals surface area contributed by atoms with Crippen molar-refractivity contribution < 1.29 is 4.79 Å². The number of nitrogens with zero attached hydrogens (tertiary/aromatic N) is 3. The molecule has 0 fully saturated rings. The Morgan fingerprint density at radius 3 is 2.65 bits per heavy atom. The van der Waals surface area contributed by atoms with Crippen LogP contribution in [0, 0.1) is 18.3 Å². The fourth-order valence-corrected chi connectivity index (χ4v) is 1.97. The molecule has 1 heterocycles. The van der Waals surface area contributed by atoms with Gasteiger partial charge in [0, 0.05) is 17.9 Å². The van der Waals surface area contributed by atoms with Crippen LogP contribution in [0.5, 0.6) is 0 Å². The monoisotopic (exact) mass is 309 g/mol. The summed E-state index contributed by atoms with van der Waals surface area (Å²) < 4.78 is 0. The highest BCUT2D eigenvalue weighted by atomic mass is 16.1. The van der Waals surface area contributed by atoms with Gasteiger partial charge in [-0.3, -0.25) is 4.79 Å². The van der Waals surface area contributed by atoms with Crippen molar-refractivity contribution >= 4 is 17.5 Å². The molecule has 0 bridgehead atoms. The van der Waals surface area contributed by atoms with Gasteiger partial charge >= 0.3 is 0 Å². The molecule has 2 aromatic rings. The Bertz CT molecular complexity index is 719. The van der Waals surface area contributed by atoms with Crippen molar-refractivity contribution in [2.24, 2.45) is 0 Å². The molecule has 1 aromatic heterocycles. The fraction of sp³-hybridized carbons (Fsp3) is 0.294. The molecule has 6 heteroatoms. The molecule has 0 spiro atoms. The van der Waals surface area contributed by atoms with Gasteiger partial charge in [-0.1, -0.05) is 13.3 Å². The van der Waals surface area contributed by atoms with Crippen molar-refractivity contribution in [1.82, 2.24) is 15.3 Å². The molecule has 0 radical (unpaired) electrons. The summed E-state index contributed by atoms with van der Waals surface area (Å²) in [5.74, 6) is 0.155. The van der Waals surface area contributed by atoms with Crippen molar-refractivity contribution in [3.8, 4) is 6.07 Å². The maximum Gasteiger partial charge on any atom is 0.270 e. The summed E-state index contributed by atoms with van der Waals surface area (Å²) in [7, 11) is 0. The molecule has 2 N–H and O–H groups in total. The number of nitrogens with one attached hydrogen (secondary N) is 2. The number of nitriles is 1. The van der Waals surface area contributed by atoms with E-state index in [2.05, 4.69) is 33.6 Å². The summed E-state index contributed by atoms with van der Waals surface area (Å²) in [6.07, 6.45) is 1.96. The number of hydrogen-bond acceptors (Lipinski definition) is 5. The zero-order valence-electron chi connectivity index (χ0n) is 13.3. The van der Waals surface area contributed by atoms with E-state index in [9.17, 15) is 4.79 Å². The van der Waals surface area contributed by atoms with E-state index in [1.54, 1.807) is 30.3 Å². The number of anilines is 2. The van der Waals surface area contributed by atoms with Gasteiger partial charge in [0.25, 0.3) is 5.91 Å². The summed E-state index contributed by atoms with van der Waals surface area (Å²) in [5, 5.41) is 14.7. The van der Waals surface area contributed by atoms with Crippen LogP contribution in [0.15, 0.2) is 30.3 Å². The van der Waals surface area contributed by atoms with Gasteiger partial charge in [-0.25, -0.2) is 9.97 Å². The van der Waals surface area contributed by atoms with E-state index in [4.69, 9.17) is 5.26 Å². The second-order valence-corrected chi connectivity index (χ2v) is 5.14. The van der Waals surface area contributed by atoms with E-state index in [1.165, 1.54) is 0 Å². The summed E-state index contributed by atoms with van der Waals surface area (Å²) >= 11 is 0. The predicted octanol–water partition coefficient (Wildman–Crippen LogP) is 2.93. The minimum Gasteiger partial charge on any atom is -0.351 e. The van der Waals surface area contributed by atoms with Gasteiger partial charge in [0.15, 0.2) is 0 Å². The Kier molecular flexibility index (Phi) is 5.64. The highest BCUT2D eigenvalue weighted by Crippen LogP contribution is 2.14. The van der Waals surface area contributed by atoms with E-state index in [1.807, 2.05) is 6.92 Å².